The van der Waals surface area contributed by atoms with Gasteiger partial charge in [0.2, 0.25) is 5.91 Å². The van der Waals surface area contributed by atoms with Crippen LogP contribution in [0, 0.1) is 12.3 Å². The summed E-state index contributed by atoms with van der Waals surface area (Å²) in [4.78, 5) is 24.4. The third-order valence-corrected chi connectivity index (χ3v) is 4.86. The number of hydrogen-bond acceptors (Lipinski definition) is 5. The van der Waals surface area contributed by atoms with Crippen LogP contribution in [-0.2, 0) is 11.3 Å². The Labute approximate surface area is 164 Å². The number of ether oxygens (including phenoxy) is 2. The van der Waals surface area contributed by atoms with Crippen molar-refractivity contribution in [3.05, 3.63) is 44.6 Å². The lowest BCUT2D eigenvalue weighted by Crippen LogP contribution is -2.36. The number of carbonyl (C=O) groups is 2. The summed E-state index contributed by atoms with van der Waals surface area (Å²) in [5, 5.41) is 5.31. The Hall–Kier alpha value is -2.50. The number of halogens is 1. The Balaban J connectivity index is 1.84. The number of carbonyl (C=O) groups excluding carboxylic acids is 2. The molecule has 0 fully saturated rings. The van der Waals surface area contributed by atoms with Crippen molar-refractivity contribution >= 4 is 39.1 Å². The normalized spacial score (nSPS) is 9.88. The van der Waals surface area contributed by atoms with Crippen LogP contribution in [0.1, 0.15) is 15.2 Å². The second-order valence-corrected chi connectivity index (χ2v) is 7.50. The fourth-order valence-corrected chi connectivity index (χ4v) is 3.31. The summed E-state index contributed by atoms with van der Waals surface area (Å²) in [7, 11) is 1.54. The molecule has 0 aliphatic carbocycles. The van der Waals surface area contributed by atoms with Crippen LogP contribution in [0.2, 0.25) is 0 Å². The molecule has 2 aromatic rings. The highest BCUT2D eigenvalue weighted by molar-refractivity contribution is 9.11. The van der Waals surface area contributed by atoms with E-state index < -0.39 is 0 Å². The molecule has 0 atom stereocenters. The summed E-state index contributed by atoms with van der Waals surface area (Å²) in [6.45, 7) is 0.303. The molecule has 1 heterocycles. The molecule has 0 bridgehead atoms. The maximum Gasteiger partial charge on any atom is 0.261 e. The van der Waals surface area contributed by atoms with Crippen molar-refractivity contribution in [2.75, 3.05) is 20.3 Å². The summed E-state index contributed by atoms with van der Waals surface area (Å²) in [6, 6.07) is 8.77. The van der Waals surface area contributed by atoms with Crippen LogP contribution in [0.25, 0.3) is 0 Å². The van der Waals surface area contributed by atoms with Crippen molar-refractivity contribution in [2.45, 2.75) is 6.54 Å². The predicted molar refractivity (Wildman–Crippen MR) is 104 cm³/mol. The molecule has 6 nitrogen and oxygen atoms in total. The van der Waals surface area contributed by atoms with E-state index in [4.69, 9.17) is 15.9 Å². The molecule has 8 heteroatoms. The molecule has 1 aromatic heterocycles. The number of benzene rings is 1. The van der Waals surface area contributed by atoms with E-state index in [9.17, 15) is 9.59 Å². The zero-order valence-corrected chi connectivity index (χ0v) is 16.4. The fourth-order valence-electron chi connectivity index (χ4n) is 2.01. The van der Waals surface area contributed by atoms with Crippen molar-refractivity contribution in [1.29, 1.82) is 0 Å². The highest BCUT2D eigenvalue weighted by atomic mass is 79.9. The molecule has 0 saturated carbocycles. The van der Waals surface area contributed by atoms with Gasteiger partial charge in [0.05, 0.1) is 22.3 Å². The number of rotatable bonds is 8. The molecule has 26 heavy (non-hydrogen) atoms. The molecule has 0 radical (unpaired) electrons. The fraction of sp³-hybridized carbons (Fsp3) is 0.222. The molecule has 0 aliphatic heterocycles. The average Bonchev–Trinajstić information content (AvgIpc) is 3.09. The van der Waals surface area contributed by atoms with Gasteiger partial charge in [-0.25, -0.2) is 0 Å². The zero-order valence-electron chi connectivity index (χ0n) is 14.0. The highest BCUT2D eigenvalue weighted by Crippen LogP contribution is 2.28. The van der Waals surface area contributed by atoms with Crippen LogP contribution in [0.4, 0.5) is 0 Å². The zero-order chi connectivity index (χ0) is 18.9. The van der Waals surface area contributed by atoms with Crippen LogP contribution in [-0.4, -0.2) is 32.1 Å². The standard InChI is InChI=1S/C18H17BrN2O4S/c1-3-8-25-14-9-12(4-5-13(14)24-2)10-20-17(22)11-21-18(23)15-6-7-16(19)26-15/h1,4-7,9H,8,10-11H2,2H3,(H,20,22)(H,21,23). The molecule has 0 spiro atoms. The second-order valence-electron chi connectivity index (χ2n) is 5.04. The number of terminal acetylenes is 1. The Kier molecular flexibility index (Phi) is 7.51. The van der Waals surface area contributed by atoms with E-state index in [-0.39, 0.29) is 31.5 Å². The molecule has 1 aromatic carbocycles. The summed E-state index contributed by atoms with van der Waals surface area (Å²) in [5.41, 5.74) is 0.819. The van der Waals surface area contributed by atoms with E-state index in [1.165, 1.54) is 18.4 Å². The van der Waals surface area contributed by atoms with Crippen LogP contribution in [0.5, 0.6) is 11.5 Å². The Bertz CT molecular complexity index is 829. The van der Waals surface area contributed by atoms with Gasteiger partial charge in [0.15, 0.2) is 11.5 Å². The summed E-state index contributed by atoms with van der Waals surface area (Å²) in [6.07, 6.45) is 5.20. The van der Waals surface area contributed by atoms with Gasteiger partial charge in [-0.15, -0.1) is 17.8 Å². The number of hydrogen-bond donors (Lipinski definition) is 2. The molecule has 0 unspecified atom stereocenters. The number of methoxy groups -OCH3 is 1. The van der Waals surface area contributed by atoms with Crippen LogP contribution in [0.3, 0.4) is 0 Å². The molecule has 2 amide bonds. The minimum atomic E-state index is -0.295. The maximum absolute atomic E-state index is 11.9. The molecular weight excluding hydrogens is 420 g/mol. The van der Waals surface area contributed by atoms with Gasteiger partial charge in [-0.05, 0) is 45.8 Å². The van der Waals surface area contributed by atoms with Gasteiger partial charge < -0.3 is 20.1 Å². The molecule has 136 valence electrons. The topological polar surface area (TPSA) is 76.7 Å². The molecule has 0 saturated heterocycles. The monoisotopic (exact) mass is 436 g/mol. The largest absolute Gasteiger partial charge is 0.493 e. The SMILES string of the molecule is C#CCOc1cc(CNC(=O)CNC(=O)c2ccc(Br)s2)ccc1OC. The van der Waals surface area contributed by atoms with E-state index in [0.717, 1.165) is 9.35 Å². The van der Waals surface area contributed by atoms with Gasteiger partial charge in [-0.2, -0.15) is 0 Å². The minimum Gasteiger partial charge on any atom is -0.493 e. The van der Waals surface area contributed by atoms with E-state index in [2.05, 4.69) is 32.5 Å². The lowest BCUT2D eigenvalue weighted by Gasteiger charge is -2.11. The Morgan fingerprint density at radius 1 is 1.23 bits per heavy atom. The van der Waals surface area contributed by atoms with Gasteiger partial charge in [0, 0.05) is 6.54 Å². The van der Waals surface area contributed by atoms with Crippen molar-refractivity contribution in [2.24, 2.45) is 0 Å². The number of nitrogens with one attached hydrogen (secondary N) is 2. The van der Waals surface area contributed by atoms with E-state index >= 15 is 0 Å². The Morgan fingerprint density at radius 3 is 2.69 bits per heavy atom. The van der Waals surface area contributed by atoms with Gasteiger partial charge in [-0.3, -0.25) is 9.59 Å². The first-order valence-electron chi connectivity index (χ1n) is 7.57. The van der Waals surface area contributed by atoms with Gasteiger partial charge in [0.1, 0.15) is 6.61 Å². The highest BCUT2D eigenvalue weighted by Gasteiger charge is 2.11. The first kappa shape index (κ1) is 19.8. The third kappa shape index (κ3) is 5.79. The van der Waals surface area contributed by atoms with Crippen LogP contribution in [0.15, 0.2) is 34.1 Å². The summed E-state index contributed by atoms with van der Waals surface area (Å²) in [5.74, 6) is 2.88. The van der Waals surface area contributed by atoms with Crippen molar-refractivity contribution in [3.8, 4) is 23.8 Å². The van der Waals surface area contributed by atoms with Gasteiger partial charge >= 0.3 is 0 Å². The van der Waals surface area contributed by atoms with Crippen LogP contribution >= 0.6 is 27.3 Å². The molecule has 2 rings (SSSR count). The summed E-state index contributed by atoms with van der Waals surface area (Å²) < 4.78 is 11.5. The van der Waals surface area contributed by atoms with Gasteiger partial charge in [0.25, 0.3) is 5.91 Å². The number of thiophene rings is 1. The van der Waals surface area contributed by atoms with E-state index in [1.807, 2.05) is 6.07 Å². The lowest BCUT2D eigenvalue weighted by atomic mass is 10.2. The summed E-state index contributed by atoms with van der Waals surface area (Å²) >= 11 is 4.59. The minimum absolute atomic E-state index is 0.106. The maximum atomic E-state index is 11.9. The van der Waals surface area contributed by atoms with Gasteiger partial charge in [-0.1, -0.05) is 12.0 Å². The smallest absolute Gasteiger partial charge is 0.261 e. The quantitative estimate of drug-likeness (QED) is 0.623. The van der Waals surface area contributed by atoms with E-state index in [1.54, 1.807) is 24.3 Å². The van der Waals surface area contributed by atoms with E-state index in [0.29, 0.717) is 16.4 Å². The molecular formula is C18H17BrN2O4S. The van der Waals surface area contributed by atoms with Crippen molar-refractivity contribution in [1.82, 2.24) is 10.6 Å². The first-order valence-corrected chi connectivity index (χ1v) is 9.18. The number of amides is 2. The van der Waals surface area contributed by atoms with Crippen molar-refractivity contribution in [3.63, 3.8) is 0 Å². The second kappa shape index (κ2) is 9.85. The predicted octanol–water partition coefficient (Wildman–Crippen LogP) is 2.58. The third-order valence-electron chi connectivity index (χ3n) is 3.24. The molecule has 0 aliphatic rings. The van der Waals surface area contributed by atoms with Crippen molar-refractivity contribution < 1.29 is 19.1 Å². The Morgan fingerprint density at radius 2 is 2.04 bits per heavy atom. The lowest BCUT2D eigenvalue weighted by molar-refractivity contribution is -0.120. The average molecular weight is 437 g/mol. The van der Waals surface area contributed by atoms with Crippen LogP contribution < -0.4 is 20.1 Å². The molecule has 2 N–H and O–H groups in total. The first-order chi connectivity index (χ1) is 12.5.